The molecule has 0 saturated heterocycles. The lowest BCUT2D eigenvalue weighted by molar-refractivity contribution is 0.627. The maximum absolute atomic E-state index is 13.3. The Kier molecular flexibility index (Phi) is 2.54. The van der Waals surface area contributed by atoms with Crippen LogP contribution in [0.5, 0.6) is 0 Å². The zero-order chi connectivity index (χ0) is 10.8. The van der Waals surface area contributed by atoms with Crippen molar-refractivity contribution in [3.05, 3.63) is 30.3 Å². The van der Waals surface area contributed by atoms with Crippen LogP contribution in [0.4, 0.5) is 4.39 Å². The molecule has 1 radical (unpaired) electrons. The van der Waals surface area contributed by atoms with E-state index in [1.165, 1.54) is 10.9 Å². The summed E-state index contributed by atoms with van der Waals surface area (Å²) in [7, 11) is 3.62. The van der Waals surface area contributed by atoms with Crippen molar-refractivity contribution in [2.24, 2.45) is 7.05 Å². The second-order valence-electron chi connectivity index (χ2n) is 3.26. The van der Waals surface area contributed by atoms with Crippen molar-refractivity contribution in [3.8, 4) is 11.4 Å². The fourth-order valence-electron chi connectivity index (χ4n) is 1.35. The van der Waals surface area contributed by atoms with Gasteiger partial charge in [-0.3, -0.25) is 9.67 Å². The van der Waals surface area contributed by atoms with E-state index in [0.717, 1.165) is 5.46 Å². The average Bonchev–Trinajstić information content (AvgIpc) is 2.58. The van der Waals surface area contributed by atoms with Crippen molar-refractivity contribution in [2.45, 2.75) is 6.82 Å². The van der Waals surface area contributed by atoms with Crippen molar-refractivity contribution in [2.75, 3.05) is 0 Å². The molecule has 3 nitrogen and oxygen atoms in total. The summed E-state index contributed by atoms with van der Waals surface area (Å²) < 4.78 is 14.8. The van der Waals surface area contributed by atoms with Gasteiger partial charge in [-0.15, -0.1) is 0 Å². The molecule has 0 N–H and O–H groups in total. The van der Waals surface area contributed by atoms with E-state index in [0.29, 0.717) is 11.4 Å². The van der Waals surface area contributed by atoms with Gasteiger partial charge in [0.25, 0.3) is 0 Å². The minimum absolute atomic E-state index is 0.292. The van der Waals surface area contributed by atoms with E-state index in [-0.39, 0.29) is 5.82 Å². The van der Waals surface area contributed by atoms with Gasteiger partial charge >= 0.3 is 0 Å². The van der Waals surface area contributed by atoms with Gasteiger partial charge in [0, 0.05) is 13.2 Å². The van der Waals surface area contributed by atoms with Crippen molar-refractivity contribution in [1.82, 2.24) is 14.8 Å². The standard InChI is InChI=1S/C10H10BFN3/c1-11-7-3-4-9(13-5-7)10-8(12)6-15(2)14-10/h3-6H,1-2H3. The topological polar surface area (TPSA) is 30.7 Å². The molecule has 2 aromatic rings. The summed E-state index contributed by atoms with van der Waals surface area (Å²) in [6.45, 7) is 1.93. The number of nitrogens with zero attached hydrogens (tertiary/aromatic N) is 3. The van der Waals surface area contributed by atoms with Crippen LogP contribution < -0.4 is 5.46 Å². The molecule has 0 fully saturated rings. The summed E-state index contributed by atoms with van der Waals surface area (Å²) in [4.78, 5) is 4.15. The summed E-state index contributed by atoms with van der Waals surface area (Å²) >= 11 is 0. The van der Waals surface area contributed by atoms with E-state index in [2.05, 4.69) is 10.1 Å². The van der Waals surface area contributed by atoms with Crippen LogP contribution in [0.3, 0.4) is 0 Å². The van der Waals surface area contributed by atoms with Gasteiger partial charge in [-0.1, -0.05) is 18.4 Å². The molecule has 0 bridgehead atoms. The molecule has 0 atom stereocenters. The van der Waals surface area contributed by atoms with E-state index in [4.69, 9.17) is 0 Å². The second kappa shape index (κ2) is 3.84. The van der Waals surface area contributed by atoms with Gasteiger partial charge in [-0.25, -0.2) is 4.39 Å². The molecule has 0 aromatic carbocycles. The number of rotatable bonds is 2. The van der Waals surface area contributed by atoms with E-state index < -0.39 is 0 Å². The Bertz CT molecular complexity index is 464. The molecule has 0 unspecified atom stereocenters. The van der Waals surface area contributed by atoms with Gasteiger partial charge in [0.1, 0.15) is 13.0 Å². The van der Waals surface area contributed by atoms with E-state index >= 15 is 0 Å². The van der Waals surface area contributed by atoms with Gasteiger partial charge < -0.3 is 0 Å². The first-order chi connectivity index (χ1) is 7.20. The minimum Gasteiger partial charge on any atom is -0.272 e. The van der Waals surface area contributed by atoms with Crippen molar-refractivity contribution in [3.63, 3.8) is 0 Å². The van der Waals surface area contributed by atoms with Gasteiger partial charge in [-0.05, 0) is 6.07 Å². The highest BCUT2D eigenvalue weighted by molar-refractivity contribution is 6.51. The number of hydrogen-bond donors (Lipinski definition) is 0. The Morgan fingerprint density at radius 3 is 2.67 bits per heavy atom. The fraction of sp³-hybridized carbons (Fsp3) is 0.200. The lowest BCUT2D eigenvalue weighted by atomic mass is 9.74. The molecule has 0 aliphatic carbocycles. The molecule has 2 rings (SSSR count). The Morgan fingerprint density at radius 2 is 2.20 bits per heavy atom. The zero-order valence-corrected chi connectivity index (χ0v) is 8.61. The van der Waals surface area contributed by atoms with Crippen LogP contribution in [0.1, 0.15) is 0 Å². The molecule has 75 valence electrons. The molecule has 15 heavy (non-hydrogen) atoms. The average molecular weight is 202 g/mol. The summed E-state index contributed by atoms with van der Waals surface area (Å²) in [5.41, 5.74) is 1.86. The highest BCUT2D eigenvalue weighted by Crippen LogP contribution is 2.16. The third-order valence-electron chi connectivity index (χ3n) is 2.15. The first kappa shape index (κ1) is 9.89. The third kappa shape index (κ3) is 1.91. The SMILES string of the molecule is C[B]c1ccc(-c2nn(C)cc2F)nc1. The monoisotopic (exact) mass is 202 g/mol. The largest absolute Gasteiger partial charge is 0.272 e. The smallest absolute Gasteiger partial charge is 0.170 e. The first-order valence-corrected chi connectivity index (χ1v) is 4.65. The predicted octanol–water partition coefficient (Wildman–Crippen LogP) is 0.999. The molecule has 5 heteroatoms. The summed E-state index contributed by atoms with van der Waals surface area (Å²) in [6, 6.07) is 3.65. The maximum Gasteiger partial charge on any atom is 0.170 e. The van der Waals surface area contributed by atoms with Gasteiger partial charge in [0.15, 0.2) is 5.82 Å². The number of halogens is 1. The van der Waals surface area contributed by atoms with Gasteiger partial charge in [0.05, 0.1) is 11.9 Å². The zero-order valence-electron chi connectivity index (χ0n) is 8.61. The summed E-state index contributed by atoms with van der Waals surface area (Å²) in [5, 5.41) is 4.00. The minimum atomic E-state index is -0.349. The Hall–Kier alpha value is -1.65. The Labute approximate surface area is 88.2 Å². The molecule has 0 saturated carbocycles. The predicted molar refractivity (Wildman–Crippen MR) is 57.6 cm³/mol. The van der Waals surface area contributed by atoms with Gasteiger partial charge in [0.2, 0.25) is 0 Å². The van der Waals surface area contributed by atoms with Crippen molar-refractivity contribution >= 4 is 12.7 Å². The third-order valence-corrected chi connectivity index (χ3v) is 2.15. The van der Waals surface area contributed by atoms with Crippen molar-refractivity contribution < 1.29 is 4.39 Å². The van der Waals surface area contributed by atoms with Crippen LogP contribution in [0, 0.1) is 5.82 Å². The van der Waals surface area contributed by atoms with Crippen LogP contribution >= 0.6 is 0 Å². The van der Waals surface area contributed by atoms with E-state index in [9.17, 15) is 4.39 Å². The van der Waals surface area contributed by atoms with Crippen LogP contribution in [-0.2, 0) is 7.05 Å². The van der Waals surface area contributed by atoms with Crippen LogP contribution in [0.15, 0.2) is 24.5 Å². The number of aromatic nitrogens is 3. The Balaban J connectivity index is 2.41. The molecule has 2 aromatic heterocycles. The summed E-state index contributed by atoms with van der Waals surface area (Å²) in [6.07, 6.45) is 3.03. The second-order valence-corrected chi connectivity index (χ2v) is 3.26. The van der Waals surface area contributed by atoms with Crippen LogP contribution in [-0.4, -0.2) is 22.0 Å². The highest BCUT2D eigenvalue weighted by atomic mass is 19.1. The molecule has 0 aliphatic heterocycles. The Morgan fingerprint density at radius 1 is 1.40 bits per heavy atom. The first-order valence-electron chi connectivity index (χ1n) is 4.65. The fourth-order valence-corrected chi connectivity index (χ4v) is 1.35. The van der Waals surface area contributed by atoms with Crippen LogP contribution in [0.2, 0.25) is 6.82 Å². The lowest BCUT2D eigenvalue weighted by Crippen LogP contribution is -2.10. The van der Waals surface area contributed by atoms with Crippen molar-refractivity contribution in [1.29, 1.82) is 0 Å². The molecule has 0 amide bonds. The quantitative estimate of drug-likeness (QED) is 0.680. The molecular formula is C10H10BFN3. The van der Waals surface area contributed by atoms with Crippen LogP contribution in [0.25, 0.3) is 11.4 Å². The molecular weight excluding hydrogens is 192 g/mol. The van der Waals surface area contributed by atoms with E-state index in [1.807, 2.05) is 20.2 Å². The number of hydrogen-bond acceptors (Lipinski definition) is 2. The molecule has 2 heterocycles. The molecule has 0 spiro atoms. The number of pyridine rings is 1. The normalized spacial score (nSPS) is 10.3. The van der Waals surface area contributed by atoms with E-state index in [1.54, 1.807) is 19.3 Å². The lowest BCUT2D eigenvalue weighted by Gasteiger charge is -1.98. The number of aryl methyl sites for hydroxylation is 1. The molecule has 0 aliphatic rings. The highest BCUT2D eigenvalue weighted by Gasteiger charge is 2.10. The van der Waals surface area contributed by atoms with Gasteiger partial charge in [-0.2, -0.15) is 5.10 Å². The summed E-state index contributed by atoms with van der Waals surface area (Å²) in [5.74, 6) is -0.349. The maximum atomic E-state index is 13.3.